The smallest absolute Gasteiger partial charge is 0.178 e. The molecule has 1 aromatic rings. The van der Waals surface area contributed by atoms with Crippen LogP contribution in [0.1, 0.15) is 17.5 Å². The Labute approximate surface area is 103 Å². The molecule has 1 aliphatic rings. The molecule has 0 spiro atoms. The van der Waals surface area contributed by atoms with E-state index in [4.69, 9.17) is 0 Å². The van der Waals surface area contributed by atoms with Crippen molar-refractivity contribution in [2.75, 3.05) is 18.8 Å². The highest BCUT2D eigenvalue weighted by molar-refractivity contribution is 7.91. The van der Waals surface area contributed by atoms with Crippen molar-refractivity contribution in [3.8, 4) is 0 Å². The van der Waals surface area contributed by atoms with E-state index < -0.39 is 9.84 Å². The molecule has 4 heteroatoms. The Morgan fingerprint density at radius 2 is 2.06 bits per heavy atom. The van der Waals surface area contributed by atoms with Crippen molar-refractivity contribution in [3.05, 3.63) is 29.3 Å². The van der Waals surface area contributed by atoms with Crippen molar-refractivity contribution < 1.29 is 8.42 Å². The maximum atomic E-state index is 12.2. The van der Waals surface area contributed by atoms with Gasteiger partial charge >= 0.3 is 0 Å². The normalized spacial score (nSPS) is 20.7. The fraction of sp³-hybridized carbons (Fsp3) is 0.538. The van der Waals surface area contributed by atoms with Gasteiger partial charge in [0.25, 0.3) is 0 Å². The van der Waals surface area contributed by atoms with Gasteiger partial charge in [-0.3, -0.25) is 0 Å². The molecule has 17 heavy (non-hydrogen) atoms. The van der Waals surface area contributed by atoms with Crippen LogP contribution in [0.3, 0.4) is 0 Å². The van der Waals surface area contributed by atoms with Gasteiger partial charge in [-0.25, -0.2) is 8.42 Å². The van der Waals surface area contributed by atoms with Crippen LogP contribution in [0.25, 0.3) is 0 Å². The summed E-state index contributed by atoms with van der Waals surface area (Å²) in [5.41, 5.74) is 2.17. The topological polar surface area (TPSA) is 46.2 Å². The van der Waals surface area contributed by atoms with Gasteiger partial charge in [0, 0.05) is 0 Å². The fourth-order valence-electron chi connectivity index (χ4n) is 2.17. The van der Waals surface area contributed by atoms with E-state index in [2.05, 4.69) is 5.32 Å². The van der Waals surface area contributed by atoms with Gasteiger partial charge < -0.3 is 5.32 Å². The zero-order valence-electron chi connectivity index (χ0n) is 10.4. The van der Waals surface area contributed by atoms with Crippen LogP contribution in [0, 0.1) is 19.8 Å². The summed E-state index contributed by atoms with van der Waals surface area (Å²) in [6, 6.07) is 5.39. The van der Waals surface area contributed by atoms with Crippen LogP contribution in [0.5, 0.6) is 0 Å². The molecule has 0 radical (unpaired) electrons. The van der Waals surface area contributed by atoms with Crippen LogP contribution in [-0.4, -0.2) is 27.3 Å². The van der Waals surface area contributed by atoms with E-state index in [0.29, 0.717) is 4.90 Å². The number of hydrogen-bond acceptors (Lipinski definition) is 3. The third kappa shape index (κ3) is 2.87. The molecule has 1 atom stereocenters. The first kappa shape index (κ1) is 12.6. The van der Waals surface area contributed by atoms with Gasteiger partial charge in [0.1, 0.15) is 0 Å². The molecule has 94 valence electrons. The Kier molecular flexibility index (Phi) is 3.54. The first-order chi connectivity index (χ1) is 7.99. The van der Waals surface area contributed by atoms with Crippen molar-refractivity contribution in [2.45, 2.75) is 25.2 Å². The standard InChI is InChI=1S/C13H19NO2S/c1-10-3-4-13(7-11(10)2)17(15,16)9-12-5-6-14-8-12/h3-4,7,12,14H,5-6,8-9H2,1-2H3. The Morgan fingerprint density at radius 1 is 1.29 bits per heavy atom. The molecule has 0 aliphatic carbocycles. The molecule has 0 saturated carbocycles. The number of benzene rings is 1. The van der Waals surface area contributed by atoms with E-state index in [0.717, 1.165) is 30.6 Å². The second-order valence-corrected chi connectivity index (χ2v) is 6.92. The summed E-state index contributed by atoms with van der Waals surface area (Å²) < 4.78 is 24.4. The summed E-state index contributed by atoms with van der Waals surface area (Å²) in [7, 11) is -3.12. The highest BCUT2D eigenvalue weighted by Gasteiger charge is 2.23. The third-order valence-corrected chi connectivity index (χ3v) is 5.34. The molecule has 1 fully saturated rings. The number of hydrogen-bond donors (Lipinski definition) is 1. The minimum atomic E-state index is -3.12. The molecular weight excluding hydrogens is 234 g/mol. The zero-order valence-corrected chi connectivity index (χ0v) is 11.2. The van der Waals surface area contributed by atoms with Crippen molar-refractivity contribution >= 4 is 9.84 Å². The number of sulfone groups is 1. The van der Waals surface area contributed by atoms with E-state index >= 15 is 0 Å². The van der Waals surface area contributed by atoms with Crippen molar-refractivity contribution in [3.63, 3.8) is 0 Å². The van der Waals surface area contributed by atoms with Crippen molar-refractivity contribution in [1.82, 2.24) is 5.32 Å². The lowest BCUT2D eigenvalue weighted by Gasteiger charge is -2.10. The quantitative estimate of drug-likeness (QED) is 0.891. The first-order valence-electron chi connectivity index (χ1n) is 6.00. The van der Waals surface area contributed by atoms with E-state index in [9.17, 15) is 8.42 Å². The van der Waals surface area contributed by atoms with E-state index in [-0.39, 0.29) is 11.7 Å². The van der Waals surface area contributed by atoms with Crippen molar-refractivity contribution in [1.29, 1.82) is 0 Å². The monoisotopic (exact) mass is 253 g/mol. The van der Waals surface area contributed by atoms with Gasteiger partial charge in [-0.1, -0.05) is 6.07 Å². The van der Waals surface area contributed by atoms with Crippen LogP contribution in [0.4, 0.5) is 0 Å². The van der Waals surface area contributed by atoms with Crippen LogP contribution in [0.15, 0.2) is 23.1 Å². The fourth-order valence-corrected chi connectivity index (χ4v) is 3.90. The molecule has 1 N–H and O–H groups in total. The lowest BCUT2D eigenvalue weighted by Crippen LogP contribution is -2.19. The Bertz CT molecular complexity index is 502. The summed E-state index contributed by atoms with van der Waals surface area (Å²) in [6.45, 7) is 5.70. The maximum absolute atomic E-state index is 12.2. The molecule has 2 rings (SSSR count). The molecule has 0 aromatic heterocycles. The summed E-state index contributed by atoms with van der Waals surface area (Å²) in [4.78, 5) is 0.465. The average Bonchev–Trinajstić information content (AvgIpc) is 2.73. The van der Waals surface area contributed by atoms with Gasteiger partial charge in [0.05, 0.1) is 10.6 Å². The molecule has 1 aromatic carbocycles. The lowest BCUT2D eigenvalue weighted by molar-refractivity contribution is 0.570. The van der Waals surface area contributed by atoms with E-state index in [1.54, 1.807) is 12.1 Å². The number of rotatable bonds is 3. The van der Waals surface area contributed by atoms with Gasteiger partial charge in [0.2, 0.25) is 0 Å². The predicted molar refractivity (Wildman–Crippen MR) is 68.9 cm³/mol. The van der Waals surface area contributed by atoms with Crippen molar-refractivity contribution in [2.24, 2.45) is 5.92 Å². The summed E-state index contributed by atoms with van der Waals surface area (Å²) in [5.74, 6) is 0.532. The minimum Gasteiger partial charge on any atom is -0.316 e. The lowest BCUT2D eigenvalue weighted by atomic mass is 10.1. The summed E-state index contributed by atoms with van der Waals surface area (Å²) in [5, 5.41) is 3.20. The minimum absolute atomic E-state index is 0.265. The molecule has 0 amide bonds. The molecular formula is C13H19NO2S. The van der Waals surface area contributed by atoms with E-state index in [1.165, 1.54) is 0 Å². The highest BCUT2D eigenvalue weighted by atomic mass is 32.2. The molecule has 1 unspecified atom stereocenters. The highest BCUT2D eigenvalue weighted by Crippen LogP contribution is 2.20. The Hall–Kier alpha value is -0.870. The third-order valence-electron chi connectivity index (χ3n) is 3.45. The molecule has 0 bridgehead atoms. The van der Waals surface area contributed by atoms with Gasteiger partial charge in [-0.15, -0.1) is 0 Å². The van der Waals surface area contributed by atoms with E-state index in [1.807, 2.05) is 19.9 Å². The summed E-state index contributed by atoms with van der Waals surface area (Å²) >= 11 is 0. The average molecular weight is 253 g/mol. The molecule has 1 saturated heterocycles. The molecule has 3 nitrogen and oxygen atoms in total. The first-order valence-corrected chi connectivity index (χ1v) is 7.65. The van der Waals surface area contributed by atoms with Crippen LogP contribution in [-0.2, 0) is 9.84 Å². The second-order valence-electron chi connectivity index (χ2n) is 4.89. The number of aryl methyl sites for hydroxylation is 2. The number of nitrogens with one attached hydrogen (secondary N) is 1. The molecule has 1 aliphatic heterocycles. The Morgan fingerprint density at radius 3 is 2.65 bits per heavy atom. The van der Waals surface area contributed by atoms with Gasteiger partial charge in [-0.05, 0) is 62.5 Å². The maximum Gasteiger partial charge on any atom is 0.178 e. The van der Waals surface area contributed by atoms with Crippen LogP contribution < -0.4 is 5.32 Å². The summed E-state index contributed by atoms with van der Waals surface area (Å²) in [6.07, 6.45) is 0.962. The largest absolute Gasteiger partial charge is 0.316 e. The van der Waals surface area contributed by atoms with Crippen LogP contribution >= 0.6 is 0 Å². The second kappa shape index (κ2) is 4.78. The van der Waals surface area contributed by atoms with Crippen LogP contribution in [0.2, 0.25) is 0 Å². The van der Waals surface area contributed by atoms with Gasteiger partial charge in [0.15, 0.2) is 9.84 Å². The van der Waals surface area contributed by atoms with Gasteiger partial charge in [-0.2, -0.15) is 0 Å². The Balaban J connectivity index is 2.21. The SMILES string of the molecule is Cc1ccc(S(=O)(=O)CC2CCNC2)cc1C. The predicted octanol–water partition coefficient (Wildman–Crippen LogP) is 1.69. The zero-order chi connectivity index (χ0) is 12.5. The molecule has 1 heterocycles.